The SMILES string of the molecule is CCCC1CCCCN1c1cccc(F)c1[C@H](C)N. The van der Waals surface area contributed by atoms with Crippen LogP contribution in [0.25, 0.3) is 0 Å². The predicted octanol–water partition coefficient (Wildman–Crippen LogP) is 4.00. The Kier molecular flexibility index (Phi) is 4.81. The Bertz CT molecular complexity index is 415. The molecule has 0 radical (unpaired) electrons. The fourth-order valence-corrected chi connectivity index (χ4v) is 3.18. The van der Waals surface area contributed by atoms with Gasteiger partial charge in [0.25, 0.3) is 0 Å². The molecule has 1 heterocycles. The maximum Gasteiger partial charge on any atom is 0.130 e. The van der Waals surface area contributed by atoms with Crippen LogP contribution in [-0.4, -0.2) is 12.6 Å². The van der Waals surface area contributed by atoms with E-state index in [1.54, 1.807) is 6.07 Å². The van der Waals surface area contributed by atoms with Gasteiger partial charge in [0.1, 0.15) is 5.82 Å². The van der Waals surface area contributed by atoms with Crippen molar-refractivity contribution in [2.45, 2.75) is 58.0 Å². The maximum absolute atomic E-state index is 14.1. The van der Waals surface area contributed by atoms with Gasteiger partial charge in [-0.25, -0.2) is 4.39 Å². The van der Waals surface area contributed by atoms with E-state index in [9.17, 15) is 4.39 Å². The van der Waals surface area contributed by atoms with Crippen molar-refractivity contribution in [3.8, 4) is 0 Å². The predicted molar refractivity (Wildman–Crippen MR) is 78.9 cm³/mol. The standard InChI is InChI=1S/C16H25FN2/c1-3-7-13-8-4-5-11-19(13)15-10-6-9-14(17)16(15)12(2)18/h6,9-10,12-13H,3-5,7-8,11,18H2,1-2H3/t12-,13?/m0/s1. The molecule has 0 aromatic heterocycles. The van der Waals surface area contributed by atoms with Crippen LogP contribution < -0.4 is 10.6 Å². The summed E-state index contributed by atoms with van der Waals surface area (Å²) in [5.74, 6) is -0.173. The van der Waals surface area contributed by atoms with Crippen molar-refractivity contribution in [3.63, 3.8) is 0 Å². The van der Waals surface area contributed by atoms with E-state index in [1.165, 1.54) is 38.2 Å². The van der Waals surface area contributed by atoms with Crippen molar-refractivity contribution in [2.75, 3.05) is 11.4 Å². The van der Waals surface area contributed by atoms with Crippen LogP contribution in [0.5, 0.6) is 0 Å². The van der Waals surface area contributed by atoms with Crippen LogP contribution in [0, 0.1) is 5.82 Å². The summed E-state index contributed by atoms with van der Waals surface area (Å²) < 4.78 is 14.1. The van der Waals surface area contributed by atoms with Crippen LogP contribution in [0.4, 0.5) is 10.1 Å². The van der Waals surface area contributed by atoms with Crippen LogP contribution in [0.15, 0.2) is 18.2 Å². The highest BCUT2D eigenvalue weighted by Gasteiger charge is 2.25. The average Bonchev–Trinajstić information content (AvgIpc) is 2.39. The van der Waals surface area contributed by atoms with Crippen molar-refractivity contribution in [1.82, 2.24) is 0 Å². The maximum atomic E-state index is 14.1. The Labute approximate surface area is 115 Å². The van der Waals surface area contributed by atoms with E-state index in [4.69, 9.17) is 5.73 Å². The summed E-state index contributed by atoms with van der Waals surface area (Å²) in [6.45, 7) is 5.10. The van der Waals surface area contributed by atoms with Gasteiger partial charge in [0, 0.05) is 29.9 Å². The first-order valence-corrected chi connectivity index (χ1v) is 7.45. The lowest BCUT2D eigenvalue weighted by atomic mass is 9.95. The van der Waals surface area contributed by atoms with Crippen molar-refractivity contribution in [1.29, 1.82) is 0 Å². The molecule has 3 heteroatoms. The zero-order valence-corrected chi connectivity index (χ0v) is 12.0. The minimum Gasteiger partial charge on any atom is -0.368 e. The smallest absolute Gasteiger partial charge is 0.130 e. The molecule has 2 atom stereocenters. The molecule has 0 saturated carbocycles. The lowest BCUT2D eigenvalue weighted by Gasteiger charge is -2.39. The van der Waals surface area contributed by atoms with Crippen LogP contribution in [0.1, 0.15) is 57.6 Å². The van der Waals surface area contributed by atoms with Crippen molar-refractivity contribution < 1.29 is 4.39 Å². The summed E-state index contributed by atoms with van der Waals surface area (Å²) in [5.41, 5.74) is 7.65. The van der Waals surface area contributed by atoms with Gasteiger partial charge in [-0.15, -0.1) is 0 Å². The lowest BCUT2D eigenvalue weighted by molar-refractivity contribution is 0.432. The highest BCUT2D eigenvalue weighted by Crippen LogP contribution is 2.33. The van der Waals surface area contributed by atoms with Gasteiger partial charge in [-0.2, -0.15) is 0 Å². The number of benzene rings is 1. The van der Waals surface area contributed by atoms with Gasteiger partial charge >= 0.3 is 0 Å². The fraction of sp³-hybridized carbons (Fsp3) is 0.625. The third kappa shape index (κ3) is 3.08. The van der Waals surface area contributed by atoms with E-state index in [0.717, 1.165) is 12.2 Å². The van der Waals surface area contributed by atoms with Gasteiger partial charge < -0.3 is 10.6 Å². The van der Waals surface area contributed by atoms with Crippen molar-refractivity contribution >= 4 is 5.69 Å². The number of rotatable bonds is 4. The Balaban J connectivity index is 2.35. The summed E-state index contributed by atoms with van der Waals surface area (Å²) in [6, 6.07) is 5.61. The third-order valence-electron chi connectivity index (χ3n) is 4.04. The molecule has 0 bridgehead atoms. The molecule has 1 fully saturated rings. The molecule has 1 aliphatic heterocycles. The van der Waals surface area contributed by atoms with Gasteiger partial charge in [0.2, 0.25) is 0 Å². The zero-order valence-electron chi connectivity index (χ0n) is 12.0. The number of nitrogens with two attached hydrogens (primary N) is 1. The van der Waals surface area contributed by atoms with Gasteiger partial charge in [-0.1, -0.05) is 19.4 Å². The monoisotopic (exact) mass is 264 g/mol. The summed E-state index contributed by atoms with van der Waals surface area (Å²) >= 11 is 0. The molecular weight excluding hydrogens is 239 g/mol. The van der Waals surface area contributed by atoms with Gasteiger partial charge in [0.15, 0.2) is 0 Å². The second-order valence-electron chi connectivity index (χ2n) is 5.59. The molecular formula is C16H25FN2. The topological polar surface area (TPSA) is 29.3 Å². The minimum atomic E-state index is -0.264. The molecule has 0 aliphatic carbocycles. The lowest BCUT2D eigenvalue weighted by Crippen LogP contribution is -2.40. The number of piperidine rings is 1. The summed E-state index contributed by atoms with van der Waals surface area (Å²) in [5, 5.41) is 0. The first kappa shape index (κ1) is 14.3. The van der Waals surface area contributed by atoms with E-state index in [1.807, 2.05) is 13.0 Å². The molecule has 0 amide bonds. The number of anilines is 1. The third-order valence-corrected chi connectivity index (χ3v) is 4.04. The highest BCUT2D eigenvalue weighted by molar-refractivity contribution is 5.56. The van der Waals surface area contributed by atoms with Gasteiger partial charge in [-0.3, -0.25) is 0 Å². The molecule has 106 valence electrons. The number of halogens is 1. The second-order valence-corrected chi connectivity index (χ2v) is 5.59. The molecule has 1 aromatic rings. The second kappa shape index (κ2) is 6.38. The van der Waals surface area contributed by atoms with E-state index >= 15 is 0 Å². The Morgan fingerprint density at radius 1 is 1.42 bits per heavy atom. The number of nitrogens with zero attached hydrogens (tertiary/aromatic N) is 1. The molecule has 0 spiro atoms. The Morgan fingerprint density at radius 3 is 2.89 bits per heavy atom. The van der Waals surface area contributed by atoms with Crippen LogP contribution >= 0.6 is 0 Å². The molecule has 19 heavy (non-hydrogen) atoms. The number of hydrogen-bond donors (Lipinski definition) is 1. The largest absolute Gasteiger partial charge is 0.368 e. The first-order valence-electron chi connectivity index (χ1n) is 7.45. The molecule has 1 aliphatic rings. The van der Waals surface area contributed by atoms with Crippen molar-refractivity contribution in [2.24, 2.45) is 5.73 Å². The minimum absolute atomic E-state index is 0.173. The molecule has 1 aromatic carbocycles. The quantitative estimate of drug-likeness (QED) is 0.890. The first-order chi connectivity index (χ1) is 9.15. The van der Waals surface area contributed by atoms with E-state index in [2.05, 4.69) is 11.8 Å². The van der Waals surface area contributed by atoms with E-state index in [-0.39, 0.29) is 11.9 Å². The molecule has 2 rings (SSSR count). The van der Waals surface area contributed by atoms with Crippen LogP contribution in [-0.2, 0) is 0 Å². The molecule has 1 saturated heterocycles. The summed E-state index contributed by atoms with van der Waals surface area (Å²) in [4.78, 5) is 2.38. The summed E-state index contributed by atoms with van der Waals surface area (Å²) in [7, 11) is 0. The molecule has 1 unspecified atom stereocenters. The highest BCUT2D eigenvalue weighted by atomic mass is 19.1. The van der Waals surface area contributed by atoms with Crippen LogP contribution in [0.3, 0.4) is 0 Å². The van der Waals surface area contributed by atoms with Crippen molar-refractivity contribution in [3.05, 3.63) is 29.6 Å². The normalized spacial score (nSPS) is 21.5. The van der Waals surface area contributed by atoms with Gasteiger partial charge in [0.05, 0.1) is 0 Å². The average molecular weight is 264 g/mol. The fourth-order valence-electron chi connectivity index (χ4n) is 3.18. The Morgan fingerprint density at radius 2 is 2.21 bits per heavy atom. The Hall–Kier alpha value is -1.09. The van der Waals surface area contributed by atoms with E-state index < -0.39 is 0 Å². The molecule has 2 nitrogen and oxygen atoms in total. The molecule has 2 N–H and O–H groups in total. The number of hydrogen-bond acceptors (Lipinski definition) is 2. The zero-order chi connectivity index (χ0) is 13.8. The van der Waals surface area contributed by atoms with Crippen LogP contribution in [0.2, 0.25) is 0 Å². The van der Waals surface area contributed by atoms with Gasteiger partial charge in [-0.05, 0) is 44.7 Å². The van der Waals surface area contributed by atoms with E-state index in [0.29, 0.717) is 11.6 Å². The summed E-state index contributed by atoms with van der Waals surface area (Å²) in [6.07, 6.45) is 6.03.